The third kappa shape index (κ3) is 8.64. The SMILES string of the molecule is N=C(c1ccccc1)C(c1ccccc1)C1NC(c2ccccc2)=Cc2cc(-c3ccc(-c4cc(-c5cc(-c6ccccc6)cc(-c6ccccc6)c5)nc(-c5ccccc5)n4)cc3)ccc21. The standard InChI is InChI=1S/C63H46N4/c64-61(49-27-15-5-16-28-49)60(48-25-13-4-14-26-48)62-56-36-35-51(37-54(56)41-57(65-62)46-23-11-3-12-24-46)45-31-33-47(34-32-45)58-42-59(67-63(66-58)50-29-17-6-18-30-50)55-39-52(43-19-7-1-8-20-43)38-53(40-55)44-21-9-2-10-22-44/h1-42,60,62,64-65H. The summed E-state index contributed by atoms with van der Waals surface area (Å²) in [6.45, 7) is 0. The van der Waals surface area contributed by atoms with E-state index < -0.39 is 0 Å². The van der Waals surface area contributed by atoms with Gasteiger partial charge < -0.3 is 10.7 Å². The number of hydrogen-bond donors (Lipinski definition) is 2. The van der Waals surface area contributed by atoms with Crippen molar-refractivity contribution in [2.24, 2.45) is 0 Å². The molecule has 11 rings (SSSR count). The minimum atomic E-state index is -0.246. The number of benzene rings is 9. The van der Waals surface area contributed by atoms with E-state index in [2.05, 4.69) is 199 Å². The highest BCUT2D eigenvalue weighted by Crippen LogP contribution is 2.42. The van der Waals surface area contributed by atoms with Gasteiger partial charge in [-0.25, -0.2) is 9.97 Å². The zero-order valence-electron chi connectivity index (χ0n) is 36.8. The van der Waals surface area contributed by atoms with Gasteiger partial charge >= 0.3 is 0 Å². The number of fused-ring (bicyclic) bond motifs is 1. The molecular weight excluding hydrogens is 813 g/mol. The first-order valence-electron chi connectivity index (χ1n) is 22.8. The van der Waals surface area contributed by atoms with Gasteiger partial charge in [0.25, 0.3) is 0 Å². The molecule has 0 spiro atoms. The van der Waals surface area contributed by atoms with Gasteiger partial charge in [0, 0.05) is 28.1 Å². The summed E-state index contributed by atoms with van der Waals surface area (Å²) >= 11 is 0. The number of rotatable bonds is 11. The second kappa shape index (κ2) is 18.4. The lowest BCUT2D eigenvalue weighted by molar-refractivity contribution is 0.588. The molecule has 1 aliphatic heterocycles. The monoisotopic (exact) mass is 858 g/mol. The van der Waals surface area contributed by atoms with Crippen LogP contribution in [0.15, 0.2) is 249 Å². The Bertz CT molecular complexity index is 3300. The fourth-order valence-corrected chi connectivity index (χ4v) is 9.30. The molecule has 67 heavy (non-hydrogen) atoms. The molecular formula is C63H46N4. The summed E-state index contributed by atoms with van der Waals surface area (Å²) in [6.07, 6.45) is 2.26. The second-order valence-corrected chi connectivity index (χ2v) is 17.0. The largest absolute Gasteiger partial charge is 0.377 e. The molecule has 4 nitrogen and oxygen atoms in total. The molecule has 2 unspecified atom stereocenters. The van der Waals surface area contributed by atoms with E-state index in [9.17, 15) is 5.41 Å². The predicted molar refractivity (Wildman–Crippen MR) is 277 cm³/mol. The first kappa shape index (κ1) is 41.0. The van der Waals surface area contributed by atoms with E-state index in [4.69, 9.17) is 9.97 Å². The molecule has 1 aromatic heterocycles. The molecule has 0 bridgehead atoms. The van der Waals surface area contributed by atoms with Gasteiger partial charge in [-0.05, 0) is 97.6 Å². The number of aromatic nitrogens is 2. The fraction of sp³-hybridized carbons (Fsp3) is 0.0317. The summed E-state index contributed by atoms with van der Waals surface area (Å²) in [7, 11) is 0. The maximum Gasteiger partial charge on any atom is 0.160 e. The zero-order valence-corrected chi connectivity index (χ0v) is 36.8. The van der Waals surface area contributed by atoms with Crippen LogP contribution in [0.25, 0.3) is 79.1 Å². The van der Waals surface area contributed by atoms with Gasteiger partial charge in [0.05, 0.1) is 23.3 Å². The van der Waals surface area contributed by atoms with Gasteiger partial charge in [-0.2, -0.15) is 0 Å². The number of nitrogens with one attached hydrogen (secondary N) is 2. The molecule has 9 aromatic carbocycles. The van der Waals surface area contributed by atoms with Crippen LogP contribution in [-0.2, 0) is 0 Å². The van der Waals surface area contributed by atoms with Crippen LogP contribution in [0, 0.1) is 5.41 Å². The number of nitrogens with zero attached hydrogens (tertiary/aromatic N) is 2. The Morgan fingerprint density at radius 2 is 0.836 bits per heavy atom. The Kier molecular flexibility index (Phi) is 11.3. The van der Waals surface area contributed by atoms with Crippen molar-refractivity contribution in [3.05, 3.63) is 277 Å². The topological polar surface area (TPSA) is 61.7 Å². The van der Waals surface area contributed by atoms with Gasteiger partial charge in [-0.1, -0.05) is 218 Å². The highest BCUT2D eigenvalue weighted by molar-refractivity contribution is 6.04. The van der Waals surface area contributed by atoms with Crippen molar-refractivity contribution in [3.63, 3.8) is 0 Å². The van der Waals surface area contributed by atoms with Crippen molar-refractivity contribution in [1.82, 2.24) is 15.3 Å². The minimum Gasteiger partial charge on any atom is -0.377 e. The summed E-state index contributed by atoms with van der Waals surface area (Å²) in [5.41, 5.74) is 18.5. The predicted octanol–water partition coefficient (Wildman–Crippen LogP) is 15.5. The van der Waals surface area contributed by atoms with E-state index in [0.29, 0.717) is 11.5 Å². The molecule has 4 heteroatoms. The van der Waals surface area contributed by atoms with Crippen LogP contribution in [0.3, 0.4) is 0 Å². The minimum absolute atomic E-state index is 0.190. The van der Waals surface area contributed by atoms with Gasteiger partial charge in [-0.15, -0.1) is 0 Å². The highest BCUT2D eigenvalue weighted by atomic mass is 15.0. The first-order chi connectivity index (χ1) is 33.1. The zero-order chi connectivity index (χ0) is 44.9. The van der Waals surface area contributed by atoms with Gasteiger partial charge in [0.15, 0.2) is 5.82 Å². The molecule has 2 atom stereocenters. The maximum absolute atomic E-state index is 9.69. The Morgan fingerprint density at radius 3 is 1.42 bits per heavy atom. The molecule has 1 aliphatic rings. The first-order valence-corrected chi connectivity index (χ1v) is 22.8. The van der Waals surface area contributed by atoms with E-state index >= 15 is 0 Å². The molecule has 0 aliphatic carbocycles. The van der Waals surface area contributed by atoms with Crippen molar-refractivity contribution in [2.45, 2.75) is 12.0 Å². The second-order valence-electron chi connectivity index (χ2n) is 17.0. The van der Waals surface area contributed by atoms with E-state index in [0.717, 1.165) is 95.0 Å². The van der Waals surface area contributed by atoms with Crippen molar-refractivity contribution >= 4 is 17.5 Å². The lowest BCUT2D eigenvalue weighted by Gasteiger charge is -2.35. The Balaban J connectivity index is 0.989. The van der Waals surface area contributed by atoms with Crippen molar-refractivity contribution in [1.29, 1.82) is 5.41 Å². The average molecular weight is 859 g/mol. The van der Waals surface area contributed by atoms with Crippen molar-refractivity contribution in [2.75, 3.05) is 0 Å². The van der Waals surface area contributed by atoms with E-state index in [1.807, 2.05) is 60.7 Å². The Hall–Kier alpha value is -8.73. The lowest BCUT2D eigenvalue weighted by atomic mass is 9.77. The van der Waals surface area contributed by atoms with Crippen LogP contribution in [-0.4, -0.2) is 15.7 Å². The highest BCUT2D eigenvalue weighted by Gasteiger charge is 2.33. The smallest absolute Gasteiger partial charge is 0.160 e. The van der Waals surface area contributed by atoms with E-state index in [-0.39, 0.29) is 12.0 Å². The van der Waals surface area contributed by atoms with Crippen molar-refractivity contribution in [3.8, 4) is 67.3 Å². The van der Waals surface area contributed by atoms with Crippen LogP contribution >= 0.6 is 0 Å². The van der Waals surface area contributed by atoms with Gasteiger partial charge in [-0.3, -0.25) is 0 Å². The van der Waals surface area contributed by atoms with Crippen LogP contribution in [0.2, 0.25) is 0 Å². The fourth-order valence-electron chi connectivity index (χ4n) is 9.30. The van der Waals surface area contributed by atoms with Crippen LogP contribution < -0.4 is 5.32 Å². The Labute approximate surface area is 392 Å². The summed E-state index contributed by atoms with van der Waals surface area (Å²) in [5.74, 6) is 0.431. The quantitative estimate of drug-likeness (QED) is 0.127. The molecule has 0 fully saturated rings. The molecule has 2 heterocycles. The third-order valence-corrected chi connectivity index (χ3v) is 12.7. The molecule has 2 N–H and O–H groups in total. The van der Waals surface area contributed by atoms with Gasteiger partial charge in [0.2, 0.25) is 0 Å². The summed E-state index contributed by atoms with van der Waals surface area (Å²) in [6, 6.07) is 86.6. The third-order valence-electron chi connectivity index (χ3n) is 12.7. The molecule has 10 aromatic rings. The van der Waals surface area contributed by atoms with Crippen LogP contribution in [0.4, 0.5) is 0 Å². The molecule has 0 saturated carbocycles. The van der Waals surface area contributed by atoms with Gasteiger partial charge in [0.1, 0.15) is 0 Å². The summed E-state index contributed by atoms with van der Waals surface area (Å²) < 4.78 is 0. The summed E-state index contributed by atoms with van der Waals surface area (Å²) in [5, 5.41) is 13.6. The maximum atomic E-state index is 9.69. The Morgan fingerprint density at radius 1 is 0.388 bits per heavy atom. The molecule has 0 saturated heterocycles. The average Bonchev–Trinajstić information content (AvgIpc) is 3.42. The summed E-state index contributed by atoms with van der Waals surface area (Å²) in [4.78, 5) is 10.4. The normalized spacial score (nSPS) is 13.4. The molecule has 0 radical (unpaired) electrons. The lowest BCUT2D eigenvalue weighted by Crippen LogP contribution is -2.33. The van der Waals surface area contributed by atoms with Crippen LogP contribution in [0.5, 0.6) is 0 Å². The van der Waals surface area contributed by atoms with Crippen LogP contribution in [0.1, 0.15) is 39.8 Å². The van der Waals surface area contributed by atoms with Crippen molar-refractivity contribution < 1.29 is 0 Å². The van der Waals surface area contributed by atoms with E-state index in [1.165, 1.54) is 0 Å². The number of hydrogen-bond acceptors (Lipinski definition) is 4. The molecule has 0 amide bonds. The van der Waals surface area contributed by atoms with E-state index in [1.54, 1.807) is 0 Å². The molecule has 318 valence electrons.